The molecule has 21 heavy (non-hydrogen) atoms. The van der Waals surface area contributed by atoms with Gasteiger partial charge in [0.15, 0.2) is 0 Å². The summed E-state index contributed by atoms with van der Waals surface area (Å²) in [5.74, 6) is -0.191. The van der Waals surface area contributed by atoms with Crippen molar-refractivity contribution in [3.05, 3.63) is 29.8 Å². The number of methoxy groups -OCH3 is 1. The molecule has 1 fully saturated rings. The van der Waals surface area contributed by atoms with Crippen molar-refractivity contribution in [3.8, 4) is 0 Å². The van der Waals surface area contributed by atoms with Gasteiger partial charge in [0.2, 0.25) is 0 Å². The van der Waals surface area contributed by atoms with E-state index < -0.39 is 0 Å². The molecular weight excluding hydrogens is 270 g/mol. The van der Waals surface area contributed by atoms with Crippen LogP contribution in [0.4, 0.5) is 5.69 Å². The van der Waals surface area contributed by atoms with Crippen molar-refractivity contribution in [1.82, 2.24) is 9.80 Å². The molecule has 1 aromatic rings. The van der Waals surface area contributed by atoms with E-state index in [0.29, 0.717) is 37.3 Å². The van der Waals surface area contributed by atoms with Gasteiger partial charge in [-0.15, -0.1) is 0 Å². The standard InChI is InChI=1S/C15H21N3O3/c1-21-14(19)5-6-17-7-9-18(10-8-17)15(20)12-3-2-4-13(16)11-12/h2-4,11H,5-10,16H2,1H3. The maximum atomic E-state index is 12.3. The third kappa shape index (κ3) is 4.19. The normalized spacial score (nSPS) is 15.8. The molecule has 1 aromatic carbocycles. The maximum Gasteiger partial charge on any atom is 0.306 e. The van der Waals surface area contributed by atoms with Crippen LogP contribution in [0.2, 0.25) is 0 Å². The highest BCUT2D eigenvalue weighted by atomic mass is 16.5. The molecule has 114 valence electrons. The summed E-state index contributed by atoms with van der Waals surface area (Å²) in [5.41, 5.74) is 6.92. The van der Waals surface area contributed by atoms with Gasteiger partial charge in [-0.05, 0) is 18.2 Å². The Morgan fingerprint density at radius 3 is 2.57 bits per heavy atom. The molecule has 2 N–H and O–H groups in total. The van der Waals surface area contributed by atoms with E-state index in [2.05, 4.69) is 9.64 Å². The summed E-state index contributed by atoms with van der Waals surface area (Å²) in [6, 6.07) is 7.03. The molecule has 0 saturated carbocycles. The maximum absolute atomic E-state index is 12.3. The lowest BCUT2D eigenvalue weighted by atomic mass is 10.1. The first-order valence-electron chi connectivity index (χ1n) is 7.04. The highest BCUT2D eigenvalue weighted by molar-refractivity contribution is 5.95. The lowest BCUT2D eigenvalue weighted by molar-refractivity contribution is -0.141. The van der Waals surface area contributed by atoms with Crippen molar-refractivity contribution in [2.75, 3.05) is 45.6 Å². The van der Waals surface area contributed by atoms with Gasteiger partial charge in [0, 0.05) is 44.0 Å². The van der Waals surface area contributed by atoms with Gasteiger partial charge in [0.25, 0.3) is 5.91 Å². The van der Waals surface area contributed by atoms with Crippen molar-refractivity contribution in [2.45, 2.75) is 6.42 Å². The fourth-order valence-corrected chi connectivity index (χ4v) is 2.38. The molecule has 0 spiro atoms. The van der Waals surface area contributed by atoms with Crippen molar-refractivity contribution < 1.29 is 14.3 Å². The average Bonchev–Trinajstić information content (AvgIpc) is 2.52. The van der Waals surface area contributed by atoms with Crippen LogP contribution in [0.25, 0.3) is 0 Å². The molecule has 0 aliphatic carbocycles. The summed E-state index contributed by atoms with van der Waals surface area (Å²) in [5, 5.41) is 0. The van der Waals surface area contributed by atoms with Crippen LogP contribution in [0.15, 0.2) is 24.3 Å². The van der Waals surface area contributed by atoms with Gasteiger partial charge in [-0.3, -0.25) is 14.5 Å². The Balaban J connectivity index is 1.83. The van der Waals surface area contributed by atoms with Crippen LogP contribution in [0.5, 0.6) is 0 Å². The summed E-state index contributed by atoms with van der Waals surface area (Å²) < 4.78 is 4.63. The first kappa shape index (κ1) is 15.3. The zero-order valence-corrected chi connectivity index (χ0v) is 12.2. The predicted octanol–water partition coefficient (Wildman–Crippen LogP) is 0.590. The number of anilines is 1. The fourth-order valence-electron chi connectivity index (χ4n) is 2.38. The molecule has 0 bridgehead atoms. The van der Waals surface area contributed by atoms with Crippen molar-refractivity contribution >= 4 is 17.6 Å². The second-order valence-corrected chi connectivity index (χ2v) is 5.09. The van der Waals surface area contributed by atoms with Crippen LogP contribution < -0.4 is 5.73 Å². The Kier molecular flexibility index (Phi) is 5.16. The van der Waals surface area contributed by atoms with E-state index in [1.807, 2.05) is 4.90 Å². The van der Waals surface area contributed by atoms with Gasteiger partial charge >= 0.3 is 5.97 Å². The number of piperazine rings is 1. The van der Waals surface area contributed by atoms with Crippen LogP contribution in [0.3, 0.4) is 0 Å². The number of nitrogens with two attached hydrogens (primary N) is 1. The van der Waals surface area contributed by atoms with E-state index in [0.717, 1.165) is 13.1 Å². The number of amides is 1. The second kappa shape index (κ2) is 7.08. The Labute approximate surface area is 124 Å². The van der Waals surface area contributed by atoms with Crippen molar-refractivity contribution in [2.24, 2.45) is 0 Å². The SMILES string of the molecule is COC(=O)CCN1CCN(C(=O)c2cccc(N)c2)CC1. The number of carbonyl (C=O) groups is 2. The first-order chi connectivity index (χ1) is 10.1. The van der Waals surface area contributed by atoms with Gasteiger partial charge in [-0.1, -0.05) is 6.07 Å². The summed E-state index contributed by atoms with van der Waals surface area (Å²) in [6.45, 7) is 3.53. The van der Waals surface area contributed by atoms with Crippen LogP contribution in [0, 0.1) is 0 Å². The topological polar surface area (TPSA) is 75.9 Å². The lowest BCUT2D eigenvalue weighted by Gasteiger charge is -2.34. The van der Waals surface area contributed by atoms with Crippen LogP contribution in [-0.2, 0) is 9.53 Å². The minimum atomic E-state index is -0.201. The number of ether oxygens (including phenoxy) is 1. The number of benzene rings is 1. The number of nitrogens with zero attached hydrogens (tertiary/aromatic N) is 2. The number of hydrogen-bond acceptors (Lipinski definition) is 5. The Bertz CT molecular complexity index is 511. The van der Waals surface area contributed by atoms with E-state index >= 15 is 0 Å². The number of esters is 1. The predicted molar refractivity (Wildman–Crippen MR) is 79.8 cm³/mol. The monoisotopic (exact) mass is 291 g/mol. The minimum Gasteiger partial charge on any atom is -0.469 e. The van der Waals surface area contributed by atoms with E-state index in [1.165, 1.54) is 7.11 Å². The zero-order chi connectivity index (χ0) is 15.2. The van der Waals surface area contributed by atoms with E-state index in [1.54, 1.807) is 24.3 Å². The molecule has 1 aliphatic rings. The smallest absolute Gasteiger partial charge is 0.306 e. The van der Waals surface area contributed by atoms with Gasteiger partial charge < -0.3 is 15.4 Å². The molecule has 1 aliphatic heterocycles. The molecule has 1 heterocycles. The molecular formula is C15H21N3O3. The molecule has 2 rings (SSSR count). The van der Waals surface area contributed by atoms with Crippen LogP contribution >= 0.6 is 0 Å². The average molecular weight is 291 g/mol. The number of rotatable bonds is 4. The molecule has 0 unspecified atom stereocenters. The molecule has 0 atom stereocenters. The molecule has 1 saturated heterocycles. The largest absolute Gasteiger partial charge is 0.469 e. The molecule has 6 nitrogen and oxygen atoms in total. The minimum absolute atomic E-state index is 0.00918. The third-order valence-electron chi connectivity index (χ3n) is 3.65. The molecule has 0 radical (unpaired) electrons. The first-order valence-corrected chi connectivity index (χ1v) is 7.04. The molecule has 1 amide bonds. The lowest BCUT2D eigenvalue weighted by Crippen LogP contribution is -2.49. The van der Waals surface area contributed by atoms with Crippen LogP contribution in [0.1, 0.15) is 16.8 Å². The summed E-state index contributed by atoms with van der Waals surface area (Å²) in [6.07, 6.45) is 0.389. The summed E-state index contributed by atoms with van der Waals surface area (Å²) in [4.78, 5) is 27.5. The second-order valence-electron chi connectivity index (χ2n) is 5.09. The van der Waals surface area contributed by atoms with Gasteiger partial charge in [-0.25, -0.2) is 0 Å². The van der Waals surface area contributed by atoms with Crippen molar-refractivity contribution in [3.63, 3.8) is 0 Å². The van der Waals surface area contributed by atoms with Gasteiger partial charge in [0.05, 0.1) is 13.5 Å². The van der Waals surface area contributed by atoms with Gasteiger partial charge in [-0.2, -0.15) is 0 Å². The van der Waals surface area contributed by atoms with Gasteiger partial charge in [0.1, 0.15) is 0 Å². The quantitative estimate of drug-likeness (QED) is 0.649. The highest BCUT2D eigenvalue weighted by Gasteiger charge is 2.22. The Hall–Kier alpha value is -2.08. The Morgan fingerprint density at radius 1 is 1.24 bits per heavy atom. The zero-order valence-electron chi connectivity index (χ0n) is 12.2. The summed E-state index contributed by atoms with van der Waals surface area (Å²) in [7, 11) is 1.39. The van der Waals surface area contributed by atoms with E-state index in [4.69, 9.17) is 5.73 Å². The van der Waals surface area contributed by atoms with E-state index in [-0.39, 0.29) is 11.9 Å². The van der Waals surface area contributed by atoms with Crippen LogP contribution in [-0.4, -0.2) is 61.5 Å². The third-order valence-corrected chi connectivity index (χ3v) is 3.65. The van der Waals surface area contributed by atoms with E-state index in [9.17, 15) is 9.59 Å². The number of nitrogen functional groups attached to an aromatic ring is 1. The summed E-state index contributed by atoms with van der Waals surface area (Å²) >= 11 is 0. The Morgan fingerprint density at radius 2 is 1.95 bits per heavy atom. The van der Waals surface area contributed by atoms with Crippen molar-refractivity contribution in [1.29, 1.82) is 0 Å². The molecule has 0 aromatic heterocycles. The fraction of sp³-hybridized carbons (Fsp3) is 0.467. The number of carbonyl (C=O) groups excluding carboxylic acids is 2. The number of hydrogen-bond donors (Lipinski definition) is 1. The molecule has 6 heteroatoms. The highest BCUT2D eigenvalue weighted by Crippen LogP contribution is 2.12.